The van der Waals surface area contributed by atoms with Crippen molar-refractivity contribution in [3.8, 4) is 0 Å². The van der Waals surface area contributed by atoms with Crippen LogP contribution in [0.15, 0.2) is 34.9 Å². The Kier molecular flexibility index (Phi) is 4.54. The third kappa shape index (κ3) is 3.69. The van der Waals surface area contributed by atoms with Gasteiger partial charge in [-0.15, -0.1) is 11.3 Å². The summed E-state index contributed by atoms with van der Waals surface area (Å²) in [6.07, 6.45) is 1.31. The van der Waals surface area contributed by atoms with E-state index in [1.165, 1.54) is 24.5 Å². The molecule has 0 unspecified atom stereocenters. The molecule has 0 bridgehead atoms. The van der Waals surface area contributed by atoms with Crippen LogP contribution in [0.2, 0.25) is 4.34 Å². The molecular weight excluding hydrogens is 306 g/mol. The van der Waals surface area contributed by atoms with E-state index in [4.69, 9.17) is 20.8 Å². The molecule has 0 aliphatic heterocycles. The predicted molar refractivity (Wildman–Crippen MR) is 70.8 cm³/mol. The molecule has 0 aliphatic carbocycles. The van der Waals surface area contributed by atoms with Gasteiger partial charge in [-0.2, -0.15) is 0 Å². The summed E-state index contributed by atoms with van der Waals surface area (Å²) in [4.78, 5) is 34.7. The molecule has 0 aromatic carbocycles. The quantitative estimate of drug-likeness (QED) is 0.874. The maximum atomic E-state index is 11.5. The first-order chi connectivity index (χ1) is 9.56. The van der Waals surface area contributed by atoms with Crippen molar-refractivity contribution in [3.05, 3.63) is 45.5 Å². The number of hydrogen-bond acceptors (Lipinski definition) is 6. The minimum Gasteiger partial charge on any atom is -0.459 e. The fourth-order valence-corrected chi connectivity index (χ4v) is 2.20. The van der Waals surface area contributed by atoms with Gasteiger partial charge >= 0.3 is 5.97 Å². The molecule has 1 N–H and O–H groups in total. The lowest BCUT2D eigenvalue weighted by molar-refractivity contribution is -0.123. The van der Waals surface area contributed by atoms with Gasteiger partial charge in [0, 0.05) is 0 Å². The van der Waals surface area contributed by atoms with E-state index < -0.39 is 24.4 Å². The molecule has 2 rings (SSSR count). The third-order valence-electron chi connectivity index (χ3n) is 2.11. The predicted octanol–water partition coefficient (Wildman–Crippen LogP) is 2.11. The van der Waals surface area contributed by atoms with Crippen molar-refractivity contribution < 1.29 is 23.5 Å². The number of esters is 1. The number of halogens is 1. The average molecular weight is 314 g/mol. The second-order valence-corrected chi connectivity index (χ2v) is 5.25. The molecule has 0 radical (unpaired) electrons. The van der Waals surface area contributed by atoms with Crippen LogP contribution in [-0.2, 0) is 9.53 Å². The van der Waals surface area contributed by atoms with Gasteiger partial charge < -0.3 is 9.15 Å². The van der Waals surface area contributed by atoms with Crippen LogP contribution < -0.4 is 5.32 Å². The van der Waals surface area contributed by atoms with Crippen molar-refractivity contribution >= 4 is 40.7 Å². The molecular formula is C12H8ClNO5S. The van der Waals surface area contributed by atoms with Crippen molar-refractivity contribution in [3.63, 3.8) is 0 Å². The maximum absolute atomic E-state index is 11.5. The number of furan rings is 1. The Hall–Kier alpha value is -2.12. The summed E-state index contributed by atoms with van der Waals surface area (Å²) in [5.41, 5.74) is 0. The fraction of sp³-hybridized carbons (Fsp3) is 0.0833. The Morgan fingerprint density at radius 1 is 1.30 bits per heavy atom. The number of rotatable bonds is 4. The van der Waals surface area contributed by atoms with E-state index in [0.29, 0.717) is 4.34 Å². The van der Waals surface area contributed by atoms with Gasteiger partial charge in [-0.25, -0.2) is 4.79 Å². The Morgan fingerprint density at radius 3 is 2.70 bits per heavy atom. The molecule has 2 aromatic heterocycles. The Balaban J connectivity index is 1.81. The molecule has 2 heterocycles. The van der Waals surface area contributed by atoms with Crippen LogP contribution in [0.4, 0.5) is 0 Å². The topological polar surface area (TPSA) is 85.6 Å². The first-order valence-corrected chi connectivity index (χ1v) is 6.56. The summed E-state index contributed by atoms with van der Waals surface area (Å²) in [7, 11) is 0. The van der Waals surface area contributed by atoms with Gasteiger partial charge in [0.25, 0.3) is 11.8 Å². The van der Waals surface area contributed by atoms with Crippen LogP contribution in [0.1, 0.15) is 20.2 Å². The van der Waals surface area contributed by atoms with Crippen LogP contribution in [0.5, 0.6) is 0 Å². The molecule has 2 amide bonds. The highest BCUT2D eigenvalue weighted by atomic mass is 35.5. The first-order valence-electron chi connectivity index (χ1n) is 5.36. The highest BCUT2D eigenvalue weighted by Crippen LogP contribution is 2.21. The van der Waals surface area contributed by atoms with Crippen molar-refractivity contribution in [1.29, 1.82) is 0 Å². The van der Waals surface area contributed by atoms with E-state index in [2.05, 4.69) is 0 Å². The van der Waals surface area contributed by atoms with Crippen LogP contribution in [0.3, 0.4) is 0 Å². The monoisotopic (exact) mass is 313 g/mol. The average Bonchev–Trinajstić information content (AvgIpc) is 3.06. The van der Waals surface area contributed by atoms with Gasteiger partial charge in [-0.3, -0.25) is 14.9 Å². The number of nitrogens with one attached hydrogen (secondary N) is 1. The fourth-order valence-electron chi connectivity index (χ4n) is 1.26. The second-order valence-electron chi connectivity index (χ2n) is 3.53. The van der Waals surface area contributed by atoms with E-state index in [1.54, 1.807) is 6.07 Å². The molecule has 8 heteroatoms. The number of hydrogen-bond donors (Lipinski definition) is 1. The lowest BCUT2D eigenvalue weighted by Crippen LogP contribution is -2.33. The minimum absolute atomic E-state index is 0.00489. The van der Waals surface area contributed by atoms with Gasteiger partial charge in [0.05, 0.1) is 10.6 Å². The largest absolute Gasteiger partial charge is 0.459 e. The number of imide groups is 1. The molecule has 0 spiro atoms. The number of ether oxygens (including phenoxy) is 1. The van der Waals surface area contributed by atoms with Gasteiger partial charge in [0.2, 0.25) is 0 Å². The Labute approximate surface area is 122 Å². The van der Waals surface area contributed by atoms with E-state index in [1.807, 2.05) is 5.32 Å². The van der Waals surface area contributed by atoms with E-state index >= 15 is 0 Å². The molecule has 104 valence electrons. The van der Waals surface area contributed by atoms with Crippen LogP contribution in [0.25, 0.3) is 0 Å². The van der Waals surface area contributed by atoms with Crippen LogP contribution in [0, 0.1) is 0 Å². The van der Waals surface area contributed by atoms with Crippen molar-refractivity contribution in [2.75, 3.05) is 6.61 Å². The summed E-state index contributed by atoms with van der Waals surface area (Å²) in [5.74, 6) is -2.13. The van der Waals surface area contributed by atoms with Crippen molar-refractivity contribution in [2.24, 2.45) is 0 Å². The van der Waals surface area contributed by atoms with E-state index in [9.17, 15) is 14.4 Å². The lowest BCUT2D eigenvalue weighted by Gasteiger charge is -2.03. The third-order valence-corrected chi connectivity index (χ3v) is 3.32. The first kappa shape index (κ1) is 14.3. The molecule has 20 heavy (non-hydrogen) atoms. The second kappa shape index (κ2) is 6.36. The molecule has 6 nitrogen and oxygen atoms in total. The molecule has 0 saturated carbocycles. The molecule has 2 aromatic rings. The molecule has 0 saturated heterocycles. The highest BCUT2D eigenvalue weighted by molar-refractivity contribution is 7.17. The summed E-state index contributed by atoms with van der Waals surface area (Å²) >= 11 is 6.71. The van der Waals surface area contributed by atoms with Crippen molar-refractivity contribution in [1.82, 2.24) is 5.32 Å². The zero-order valence-electron chi connectivity index (χ0n) is 9.92. The Morgan fingerprint density at radius 2 is 2.10 bits per heavy atom. The normalized spacial score (nSPS) is 10.1. The molecule has 0 atom stereocenters. The zero-order valence-corrected chi connectivity index (χ0v) is 11.5. The number of carbonyl (C=O) groups excluding carboxylic acids is 3. The SMILES string of the molecule is O=C(COC(=O)c1ccc(Cl)s1)NC(=O)c1ccco1. The summed E-state index contributed by atoms with van der Waals surface area (Å²) < 4.78 is 9.99. The summed E-state index contributed by atoms with van der Waals surface area (Å²) in [5, 5.41) is 2.02. The van der Waals surface area contributed by atoms with E-state index in [0.717, 1.165) is 11.3 Å². The lowest BCUT2D eigenvalue weighted by atomic mass is 10.4. The van der Waals surface area contributed by atoms with Crippen LogP contribution >= 0.6 is 22.9 Å². The number of amides is 2. The number of carbonyl (C=O) groups is 3. The summed E-state index contributed by atoms with van der Waals surface area (Å²) in [6, 6.07) is 5.95. The molecule has 0 aliphatic rings. The van der Waals surface area contributed by atoms with Gasteiger partial charge in [0.15, 0.2) is 12.4 Å². The van der Waals surface area contributed by atoms with Gasteiger partial charge in [-0.05, 0) is 24.3 Å². The standard InChI is InChI=1S/C12H8ClNO5S/c13-9-4-3-8(20-9)12(17)19-6-10(15)14-11(16)7-2-1-5-18-7/h1-5H,6H2,(H,14,15,16). The zero-order chi connectivity index (χ0) is 14.5. The minimum atomic E-state index is -0.748. The Bertz CT molecular complexity index is 634. The van der Waals surface area contributed by atoms with Gasteiger partial charge in [0.1, 0.15) is 4.88 Å². The van der Waals surface area contributed by atoms with Crippen molar-refractivity contribution in [2.45, 2.75) is 0 Å². The number of thiophene rings is 1. The highest BCUT2D eigenvalue weighted by Gasteiger charge is 2.16. The van der Waals surface area contributed by atoms with E-state index in [-0.39, 0.29) is 10.6 Å². The van der Waals surface area contributed by atoms with Gasteiger partial charge in [-0.1, -0.05) is 11.6 Å². The summed E-state index contributed by atoms with van der Waals surface area (Å²) in [6.45, 7) is -0.569. The van der Waals surface area contributed by atoms with Crippen LogP contribution in [-0.4, -0.2) is 24.4 Å². The molecule has 0 fully saturated rings. The maximum Gasteiger partial charge on any atom is 0.348 e. The smallest absolute Gasteiger partial charge is 0.348 e.